The monoisotopic (exact) mass is 402 g/mol. The summed E-state index contributed by atoms with van der Waals surface area (Å²) in [7, 11) is 0. The van der Waals surface area contributed by atoms with E-state index < -0.39 is 0 Å². The van der Waals surface area contributed by atoms with Crippen molar-refractivity contribution in [3.8, 4) is 0 Å². The van der Waals surface area contributed by atoms with E-state index in [1.807, 2.05) is 37.4 Å². The molecule has 0 unspecified atom stereocenters. The number of ether oxygens (including phenoxy) is 1. The van der Waals surface area contributed by atoms with Crippen LogP contribution in [0.4, 0.5) is 0 Å². The van der Waals surface area contributed by atoms with Crippen LogP contribution >= 0.6 is 11.6 Å². The maximum atomic E-state index is 12.1. The Hall–Kier alpha value is -2.07. The Morgan fingerprint density at radius 3 is 2.61 bits per heavy atom. The van der Waals surface area contributed by atoms with Crippen LogP contribution in [0.3, 0.4) is 0 Å². The maximum absolute atomic E-state index is 12.1. The second-order valence-corrected chi connectivity index (χ2v) is 7.27. The quantitative estimate of drug-likeness (QED) is 0.338. The van der Waals surface area contributed by atoms with Crippen molar-refractivity contribution < 1.29 is 9.53 Å². The molecule has 152 valence electrons. The van der Waals surface area contributed by atoms with E-state index in [1.54, 1.807) is 6.08 Å². The van der Waals surface area contributed by atoms with Crippen LogP contribution in [-0.4, -0.2) is 22.1 Å². The van der Waals surface area contributed by atoms with Gasteiger partial charge in [0.15, 0.2) is 0 Å². The van der Waals surface area contributed by atoms with Crippen LogP contribution in [-0.2, 0) is 22.5 Å². The van der Waals surface area contributed by atoms with Crippen molar-refractivity contribution in [2.24, 2.45) is 0 Å². The first-order valence-corrected chi connectivity index (χ1v) is 10.6. The standard InChI is InChI=1S/C23H31ClN2O2/c1-4-7-11-18(15-23(27)28-6-3)21-16-25-22(14-8-5-2)26(21)17-19-12-9-10-13-20(19)24/h9-10,12-13,15-16H,4-8,11,14,17H2,1-3H3/b18-15+. The molecule has 0 radical (unpaired) electrons. The van der Waals surface area contributed by atoms with Crippen LogP contribution in [0, 0.1) is 0 Å². The van der Waals surface area contributed by atoms with E-state index in [1.165, 1.54) is 0 Å². The van der Waals surface area contributed by atoms with Crippen LogP contribution in [0.2, 0.25) is 5.02 Å². The third-order valence-electron chi connectivity index (χ3n) is 4.69. The van der Waals surface area contributed by atoms with E-state index in [0.29, 0.717) is 13.2 Å². The summed E-state index contributed by atoms with van der Waals surface area (Å²) in [4.78, 5) is 16.8. The van der Waals surface area contributed by atoms with Gasteiger partial charge in [-0.15, -0.1) is 0 Å². The average Bonchev–Trinajstić information content (AvgIpc) is 3.08. The average molecular weight is 403 g/mol. The van der Waals surface area contributed by atoms with E-state index >= 15 is 0 Å². The number of carbonyl (C=O) groups excluding carboxylic acids is 1. The molecule has 28 heavy (non-hydrogen) atoms. The molecule has 0 spiro atoms. The Balaban J connectivity index is 2.45. The van der Waals surface area contributed by atoms with Gasteiger partial charge < -0.3 is 9.30 Å². The fourth-order valence-corrected chi connectivity index (χ4v) is 3.34. The van der Waals surface area contributed by atoms with Gasteiger partial charge in [0.25, 0.3) is 0 Å². The van der Waals surface area contributed by atoms with Gasteiger partial charge in [-0.3, -0.25) is 0 Å². The van der Waals surface area contributed by atoms with Gasteiger partial charge in [-0.05, 0) is 43.4 Å². The lowest BCUT2D eigenvalue weighted by molar-refractivity contribution is -0.137. The highest BCUT2D eigenvalue weighted by atomic mass is 35.5. The second kappa shape index (κ2) is 11.7. The van der Waals surface area contributed by atoms with Crippen LogP contribution < -0.4 is 0 Å². The molecule has 2 aromatic rings. The molecule has 0 saturated carbocycles. The summed E-state index contributed by atoms with van der Waals surface area (Å²) in [5, 5.41) is 0.744. The fourth-order valence-electron chi connectivity index (χ4n) is 3.15. The largest absolute Gasteiger partial charge is 0.463 e. The first kappa shape index (κ1) is 22.2. The summed E-state index contributed by atoms with van der Waals surface area (Å²) in [6.07, 6.45) is 9.48. The Kier molecular flexibility index (Phi) is 9.29. The highest BCUT2D eigenvalue weighted by Gasteiger charge is 2.16. The second-order valence-electron chi connectivity index (χ2n) is 6.87. The van der Waals surface area contributed by atoms with E-state index in [2.05, 4.69) is 23.4 Å². The summed E-state index contributed by atoms with van der Waals surface area (Å²) in [5.41, 5.74) is 3.00. The Morgan fingerprint density at radius 1 is 1.18 bits per heavy atom. The Bertz CT molecular complexity index is 796. The molecule has 0 saturated heterocycles. The number of aromatic nitrogens is 2. The molecule has 0 aliphatic heterocycles. The van der Waals surface area contributed by atoms with E-state index in [9.17, 15) is 4.79 Å². The molecular weight excluding hydrogens is 372 g/mol. The topological polar surface area (TPSA) is 44.1 Å². The van der Waals surface area contributed by atoms with Gasteiger partial charge in [0.2, 0.25) is 0 Å². The number of nitrogens with zero attached hydrogens (tertiary/aromatic N) is 2. The minimum absolute atomic E-state index is 0.297. The molecule has 1 aromatic heterocycles. The zero-order valence-corrected chi connectivity index (χ0v) is 18.0. The number of hydrogen-bond acceptors (Lipinski definition) is 3. The lowest BCUT2D eigenvalue weighted by Crippen LogP contribution is -2.10. The maximum Gasteiger partial charge on any atom is 0.331 e. The minimum Gasteiger partial charge on any atom is -0.463 e. The van der Waals surface area contributed by atoms with Crippen molar-refractivity contribution >= 4 is 23.1 Å². The smallest absolute Gasteiger partial charge is 0.331 e. The van der Waals surface area contributed by atoms with Gasteiger partial charge in [0, 0.05) is 17.5 Å². The van der Waals surface area contributed by atoms with Gasteiger partial charge in [0.05, 0.1) is 25.0 Å². The van der Waals surface area contributed by atoms with Crippen molar-refractivity contribution in [2.75, 3.05) is 6.61 Å². The van der Waals surface area contributed by atoms with Crippen LogP contribution in [0.25, 0.3) is 5.57 Å². The van der Waals surface area contributed by atoms with Crippen LogP contribution in [0.1, 0.15) is 70.0 Å². The number of imidazole rings is 1. The Morgan fingerprint density at radius 2 is 1.93 bits per heavy atom. The summed E-state index contributed by atoms with van der Waals surface area (Å²) in [6, 6.07) is 7.88. The van der Waals surface area contributed by atoms with Crippen molar-refractivity contribution in [1.82, 2.24) is 9.55 Å². The predicted molar refractivity (Wildman–Crippen MR) is 116 cm³/mol. The summed E-state index contributed by atoms with van der Waals surface area (Å²) in [6.45, 7) is 7.16. The number of benzene rings is 1. The number of unbranched alkanes of at least 4 members (excludes halogenated alkanes) is 2. The molecule has 0 aliphatic rings. The lowest BCUT2D eigenvalue weighted by Gasteiger charge is -2.15. The minimum atomic E-state index is -0.297. The predicted octanol–water partition coefficient (Wildman–Crippen LogP) is 6.06. The van der Waals surface area contributed by atoms with Crippen molar-refractivity contribution in [3.05, 3.63) is 58.6 Å². The number of halogens is 1. The van der Waals surface area contributed by atoms with Crippen molar-refractivity contribution in [2.45, 2.75) is 65.8 Å². The van der Waals surface area contributed by atoms with Gasteiger partial charge in [-0.2, -0.15) is 0 Å². The van der Waals surface area contributed by atoms with Gasteiger partial charge >= 0.3 is 5.97 Å². The summed E-state index contributed by atoms with van der Waals surface area (Å²) >= 11 is 6.42. The highest BCUT2D eigenvalue weighted by molar-refractivity contribution is 6.31. The molecule has 2 rings (SSSR count). The molecule has 1 heterocycles. The van der Waals surface area contributed by atoms with Crippen LogP contribution in [0.5, 0.6) is 0 Å². The van der Waals surface area contributed by atoms with Crippen molar-refractivity contribution in [1.29, 1.82) is 0 Å². The third kappa shape index (κ3) is 6.23. The van der Waals surface area contributed by atoms with Gasteiger partial charge in [-0.25, -0.2) is 9.78 Å². The molecule has 0 fully saturated rings. The van der Waals surface area contributed by atoms with E-state index in [4.69, 9.17) is 16.3 Å². The van der Waals surface area contributed by atoms with Gasteiger partial charge in [0.1, 0.15) is 5.82 Å². The Labute approximate surface area is 173 Å². The molecule has 5 heteroatoms. The normalized spacial score (nSPS) is 11.6. The number of hydrogen-bond donors (Lipinski definition) is 0. The zero-order valence-electron chi connectivity index (χ0n) is 17.2. The SMILES string of the molecule is CCCC/C(=C\C(=O)OCC)c1cnc(CCCC)n1Cc1ccccc1Cl. The number of aryl methyl sites for hydroxylation is 1. The van der Waals surface area contributed by atoms with E-state index in [0.717, 1.165) is 66.2 Å². The lowest BCUT2D eigenvalue weighted by atomic mass is 10.0. The van der Waals surface area contributed by atoms with E-state index in [-0.39, 0.29) is 5.97 Å². The van der Waals surface area contributed by atoms with Crippen LogP contribution in [0.15, 0.2) is 36.5 Å². The molecule has 4 nitrogen and oxygen atoms in total. The fraction of sp³-hybridized carbons (Fsp3) is 0.478. The first-order valence-electron chi connectivity index (χ1n) is 10.3. The molecule has 0 N–H and O–H groups in total. The number of carbonyl (C=O) groups is 1. The molecule has 1 aromatic carbocycles. The number of esters is 1. The molecular formula is C23H31ClN2O2. The zero-order chi connectivity index (χ0) is 20.4. The molecule has 0 aliphatic carbocycles. The van der Waals surface area contributed by atoms with Crippen molar-refractivity contribution in [3.63, 3.8) is 0 Å². The first-order chi connectivity index (χ1) is 13.6. The molecule has 0 atom stereocenters. The number of allylic oxidation sites excluding steroid dienone is 1. The summed E-state index contributed by atoms with van der Waals surface area (Å²) in [5.74, 6) is 0.734. The third-order valence-corrected chi connectivity index (χ3v) is 5.05. The molecule has 0 amide bonds. The summed E-state index contributed by atoms with van der Waals surface area (Å²) < 4.78 is 7.36. The molecule has 0 bridgehead atoms. The van der Waals surface area contributed by atoms with Gasteiger partial charge in [-0.1, -0.05) is 56.5 Å². The highest BCUT2D eigenvalue weighted by Crippen LogP contribution is 2.26. The number of rotatable bonds is 11.